The molecule has 0 aliphatic heterocycles. The van der Waals surface area contributed by atoms with Gasteiger partial charge in [-0.2, -0.15) is 0 Å². The molecule has 0 unspecified atom stereocenters. The van der Waals surface area contributed by atoms with E-state index >= 15 is 0 Å². The molecule has 0 aliphatic carbocycles. The minimum Gasteiger partial charge on any atom is -0.478 e. The number of carboxylic acid groups (broad SMARTS) is 1. The van der Waals surface area contributed by atoms with Crippen molar-refractivity contribution < 1.29 is 19.5 Å². The number of pyridine rings is 1. The first kappa shape index (κ1) is 19.8. The molecule has 146 valence electrons. The SMILES string of the molecule is CC(=O)Nc1ccc(-c2cccc(NC(=O)c3ccnc(C)c3)c2C(=O)O)cc1. The first-order valence-electron chi connectivity index (χ1n) is 8.83. The summed E-state index contributed by atoms with van der Waals surface area (Å²) in [7, 11) is 0. The molecule has 3 rings (SSSR count). The highest BCUT2D eigenvalue weighted by Gasteiger charge is 2.19. The van der Waals surface area contributed by atoms with E-state index in [0.717, 1.165) is 0 Å². The Balaban J connectivity index is 1.97. The normalized spacial score (nSPS) is 10.3. The number of rotatable bonds is 5. The number of amides is 2. The minimum absolute atomic E-state index is 0.0149. The number of benzene rings is 2. The van der Waals surface area contributed by atoms with Crippen molar-refractivity contribution >= 4 is 29.2 Å². The number of nitrogens with zero attached hydrogens (tertiary/aromatic N) is 1. The zero-order chi connectivity index (χ0) is 21.0. The lowest BCUT2D eigenvalue weighted by atomic mass is 9.97. The van der Waals surface area contributed by atoms with E-state index in [9.17, 15) is 19.5 Å². The summed E-state index contributed by atoms with van der Waals surface area (Å²) in [6.45, 7) is 3.18. The largest absolute Gasteiger partial charge is 0.478 e. The number of hydrogen-bond donors (Lipinski definition) is 3. The van der Waals surface area contributed by atoms with Crippen LogP contribution in [0.3, 0.4) is 0 Å². The molecule has 0 fully saturated rings. The molecule has 0 aliphatic rings. The highest BCUT2D eigenvalue weighted by Crippen LogP contribution is 2.30. The van der Waals surface area contributed by atoms with Gasteiger partial charge in [0.15, 0.2) is 0 Å². The van der Waals surface area contributed by atoms with Gasteiger partial charge >= 0.3 is 5.97 Å². The van der Waals surface area contributed by atoms with Crippen molar-refractivity contribution in [3.05, 3.63) is 77.6 Å². The monoisotopic (exact) mass is 389 g/mol. The third-order valence-corrected chi connectivity index (χ3v) is 4.20. The molecular weight excluding hydrogens is 370 g/mol. The molecule has 0 saturated heterocycles. The van der Waals surface area contributed by atoms with Crippen LogP contribution in [0.4, 0.5) is 11.4 Å². The Kier molecular flexibility index (Phi) is 5.69. The first-order valence-corrected chi connectivity index (χ1v) is 8.83. The average molecular weight is 389 g/mol. The maximum absolute atomic E-state index is 12.6. The van der Waals surface area contributed by atoms with Gasteiger partial charge in [-0.05, 0) is 48.4 Å². The molecule has 2 amide bonds. The Morgan fingerprint density at radius 3 is 2.31 bits per heavy atom. The molecule has 0 atom stereocenters. The van der Waals surface area contributed by atoms with Crippen LogP contribution < -0.4 is 10.6 Å². The van der Waals surface area contributed by atoms with Crippen LogP contribution in [0.2, 0.25) is 0 Å². The van der Waals surface area contributed by atoms with Gasteiger partial charge in [0.2, 0.25) is 5.91 Å². The van der Waals surface area contributed by atoms with E-state index in [2.05, 4.69) is 15.6 Å². The number of nitrogens with one attached hydrogen (secondary N) is 2. The summed E-state index contributed by atoms with van der Waals surface area (Å²) in [4.78, 5) is 39.8. The quantitative estimate of drug-likeness (QED) is 0.612. The van der Waals surface area contributed by atoms with Crippen molar-refractivity contribution in [2.45, 2.75) is 13.8 Å². The molecule has 2 aromatic carbocycles. The van der Waals surface area contributed by atoms with Crippen molar-refractivity contribution in [2.75, 3.05) is 10.6 Å². The van der Waals surface area contributed by atoms with Crippen LogP contribution in [0.5, 0.6) is 0 Å². The first-order chi connectivity index (χ1) is 13.8. The molecule has 3 N–H and O–H groups in total. The summed E-state index contributed by atoms with van der Waals surface area (Å²) in [5.41, 5.74) is 2.96. The van der Waals surface area contributed by atoms with Crippen molar-refractivity contribution in [1.82, 2.24) is 4.98 Å². The van der Waals surface area contributed by atoms with Crippen LogP contribution in [-0.4, -0.2) is 27.9 Å². The second-order valence-electron chi connectivity index (χ2n) is 6.43. The Labute approximate surface area is 167 Å². The fourth-order valence-corrected chi connectivity index (χ4v) is 2.95. The van der Waals surface area contributed by atoms with Gasteiger partial charge in [0, 0.05) is 30.1 Å². The minimum atomic E-state index is -1.16. The Morgan fingerprint density at radius 1 is 0.966 bits per heavy atom. The number of carbonyl (C=O) groups excluding carboxylic acids is 2. The fraction of sp³-hybridized carbons (Fsp3) is 0.0909. The molecule has 0 spiro atoms. The van der Waals surface area contributed by atoms with Crippen molar-refractivity contribution in [3.8, 4) is 11.1 Å². The van der Waals surface area contributed by atoms with Crippen LogP contribution in [0.25, 0.3) is 11.1 Å². The van der Waals surface area contributed by atoms with Gasteiger partial charge in [-0.15, -0.1) is 0 Å². The standard InChI is InChI=1S/C22H19N3O4/c1-13-12-16(10-11-23-13)21(27)25-19-5-3-4-18(20(19)22(28)29)15-6-8-17(9-7-15)24-14(2)26/h3-12H,1-2H3,(H,24,26)(H,25,27)(H,28,29). The zero-order valence-corrected chi connectivity index (χ0v) is 15.9. The summed E-state index contributed by atoms with van der Waals surface area (Å²) in [5.74, 6) is -1.77. The molecular formula is C22H19N3O4. The third-order valence-electron chi connectivity index (χ3n) is 4.20. The number of aryl methyl sites for hydroxylation is 1. The number of carbonyl (C=O) groups is 3. The molecule has 0 saturated carbocycles. The zero-order valence-electron chi connectivity index (χ0n) is 15.9. The Morgan fingerprint density at radius 2 is 1.69 bits per heavy atom. The van der Waals surface area contributed by atoms with Gasteiger partial charge in [0.25, 0.3) is 5.91 Å². The van der Waals surface area contributed by atoms with Gasteiger partial charge in [0.1, 0.15) is 0 Å². The van der Waals surface area contributed by atoms with Crippen LogP contribution in [0.15, 0.2) is 60.8 Å². The summed E-state index contributed by atoms with van der Waals surface area (Å²) < 4.78 is 0. The van der Waals surface area contributed by atoms with E-state index in [1.807, 2.05) is 0 Å². The average Bonchev–Trinajstić information content (AvgIpc) is 2.67. The number of carboxylic acids is 1. The smallest absolute Gasteiger partial charge is 0.338 e. The van der Waals surface area contributed by atoms with E-state index < -0.39 is 11.9 Å². The van der Waals surface area contributed by atoms with Gasteiger partial charge in [-0.3, -0.25) is 14.6 Å². The predicted octanol–water partition coefficient (Wildman–Crippen LogP) is 3.97. The maximum Gasteiger partial charge on any atom is 0.338 e. The third kappa shape index (κ3) is 4.65. The van der Waals surface area contributed by atoms with E-state index in [4.69, 9.17) is 0 Å². The van der Waals surface area contributed by atoms with Gasteiger partial charge in [0.05, 0.1) is 11.3 Å². The lowest BCUT2D eigenvalue weighted by molar-refractivity contribution is -0.114. The molecule has 3 aromatic rings. The van der Waals surface area contributed by atoms with Crippen LogP contribution in [0, 0.1) is 6.92 Å². The van der Waals surface area contributed by atoms with E-state index in [0.29, 0.717) is 28.1 Å². The van der Waals surface area contributed by atoms with Gasteiger partial charge in [-0.25, -0.2) is 4.79 Å². The Hall–Kier alpha value is -4.00. The molecule has 7 heteroatoms. The van der Waals surface area contributed by atoms with Crippen LogP contribution >= 0.6 is 0 Å². The van der Waals surface area contributed by atoms with Crippen molar-refractivity contribution in [3.63, 3.8) is 0 Å². The lowest BCUT2D eigenvalue weighted by Crippen LogP contribution is -2.15. The molecule has 29 heavy (non-hydrogen) atoms. The summed E-state index contributed by atoms with van der Waals surface area (Å²) in [6.07, 6.45) is 1.52. The molecule has 1 heterocycles. The van der Waals surface area contributed by atoms with Crippen LogP contribution in [-0.2, 0) is 4.79 Å². The van der Waals surface area contributed by atoms with Gasteiger partial charge in [-0.1, -0.05) is 24.3 Å². The topological polar surface area (TPSA) is 108 Å². The van der Waals surface area contributed by atoms with E-state index in [-0.39, 0.29) is 17.2 Å². The molecule has 0 radical (unpaired) electrons. The second kappa shape index (κ2) is 8.35. The lowest BCUT2D eigenvalue weighted by Gasteiger charge is -2.13. The Bertz CT molecular complexity index is 1090. The van der Waals surface area contributed by atoms with E-state index in [1.165, 1.54) is 13.1 Å². The number of aromatic carboxylic acids is 1. The highest BCUT2D eigenvalue weighted by atomic mass is 16.4. The van der Waals surface area contributed by atoms with Gasteiger partial charge < -0.3 is 15.7 Å². The van der Waals surface area contributed by atoms with Crippen LogP contribution in [0.1, 0.15) is 33.3 Å². The second-order valence-corrected chi connectivity index (χ2v) is 6.43. The molecule has 7 nitrogen and oxygen atoms in total. The summed E-state index contributed by atoms with van der Waals surface area (Å²) in [5, 5.41) is 15.1. The maximum atomic E-state index is 12.6. The van der Waals surface area contributed by atoms with Crippen molar-refractivity contribution in [2.24, 2.45) is 0 Å². The number of hydrogen-bond acceptors (Lipinski definition) is 4. The van der Waals surface area contributed by atoms with Crippen molar-refractivity contribution in [1.29, 1.82) is 0 Å². The van der Waals surface area contributed by atoms with E-state index in [1.54, 1.807) is 61.5 Å². The molecule has 0 bridgehead atoms. The predicted molar refractivity (Wildman–Crippen MR) is 110 cm³/mol. The highest BCUT2D eigenvalue weighted by molar-refractivity contribution is 6.10. The summed E-state index contributed by atoms with van der Waals surface area (Å²) >= 11 is 0. The molecule has 1 aromatic heterocycles. The number of aromatic nitrogens is 1. The number of anilines is 2. The fourth-order valence-electron chi connectivity index (χ4n) is 2.95. The summed E-state index contributed by atoms with van der Waals surface area (Å²) in [6, 6.07) is 14.9.